The number of nitrogens with zero attached hydrogens (tertiary/aromatic N) is 4. The summed E-state index contributed by atoms with van der Waals surface area (Å²) in [7, 11) is 1.92. The van der Waals surface area contributed by atoms with Gasteiger partial charge in [-0.15, -0.1) is 10.2 Å². The summed E-state index contributed by atoms with van der Waals surface area (Å²) in [6.45, 7) is 3.68. The Labute approximate surface area is 230 Å². The van der Waals surface area contributed by atoms with Crippen LogP contribution >= 0.6 is 0 Å². The highest BCUT2D eigenvalue weighted by Gasteiger charge is 2.61. The molecule has 40 heavy (non-hydrogen) atoms. The third-order valence-electron chi connectivity index (χ3n) is 9.60. The highest BCUT2D eigenvalue weighted by atomic mass is 19.4. The zero-order chi connectivity index (χ0) is 27.9. The summed E-state index contributed by atoms with van der Waals surface area (Å²) in [6.07, 6.45) is 1.92. The van der Waals surface area contributed by atoms with Crippen molar-refractivity contribution in [3.8, 4) is 0 Å². The van der Waals surface area contributed by atoms with Gasteiger partial charge in [-0.3, -0.25) is 4.79 Å². The third kappa shape index (κ3) is 3.90. The normalized spacial score (nSPS) is 22.0. The molecule has 1 N–H and O–H groups in total. The van der Waals surface area contributed by atoms with E-state index in [0.717, 1.165) is 43.5 Å². The first-order valence-electron chi connectivity index (χ1n) is 13.8. The van der Waals surface area contributed by atoms with Gasteiger partial charge in [0.15, 0.2) is 0 Å². The van der Waals surface area contributed by atoms with Gasteiger partial charge in [0.25, 0.3) is 5.91 Å². The van der Waals surface area contributed by atoms with E-state index in [0.29, 0.717) is 31.0 Å². The number of carbonyl (C=O) groups excluding carboxylic acids is 1. The molecule has 2 saturated carbocycles. The number of aromatic nitrogens is 3. The molecule has 1 saturated heterocycles. The fourth-order valence-electron chi connectivity index (χ4n) is 7.23. The van der Waals surface area contributed by atoms with Crippen molar-refractivity contribution in [2.75, 3.05) is 18.1 Å². The zero-order valence-corrected chi connectivity index (χ0v) is 22.6. The maximum atomic E-state index is 14.2. The van der Waals surface area contributed by atoms with Gasteiger partial charge in [-0.25, -0.2) is 0 Å². The van der Waals surface area contributed by atoms with Gasteiger partial charge in [0, 0.05) is 35.8 Å². The smallest absolute Gasteiger partial charge is 0.380 e. The van der Waals surface area contributed by atoms with Crippen LogP contribution in [0.4, 0.5) is 18.9 Å². The van der Waals surface area contributed by atoms with Gasteiger partial charge >= 0.3 is 6.18 Å². The topological polar surface area (TPSA) is 72.3 Å². The molecule has 1 spiro atoms. The van der Waals surface area contributed by atoms with E-state index in [-0.39, 0.29) is 28.6 Å². The predicted octanol–water partition coefficient (Wildman–Crippen LogP) is 5.12. The van der Waals surface area contributed by atoms with Gasteiger partial charge in [0.05, 0.1) is 30.7 Å². The Morgan fingerprint density at radius 3 is 2.50 bits per heavy atom. The van der Waals surface area contributed by atoms with E-state index in [9.17, 15) is 18.0 Å². The van der Waals surface area contributed by atoms with Gasteiger partial charge in [0.2, 0.25) is 0 Å². The summed E-state index contributed by atoms with van der Waals surface area (Å²) in [6, 6.07) is 10.5. The first-order valence-corrected chi connectivity index (χ1v) is 13.8. The maximum Gasteiger partial charge on any atom is 0.416 e. The van der Waals surface area contributed by atoms with E-state index in [1.54, 1.807) is 18.5 Å². The lowest BCUT2D eigenvalue weighted by Crippen LogP contribution is -2.60. The van der Waals surface area contributed by atoms with E-state index in [4.69, 9.17) is 4.74 Å². The summed E-state index contributed by atoms with van der Waals surface area (Å²) in [5.74, 6) is 0.439. The number of benzene rings is 2. The molecule has 0 radical (unpaired) electrons. The number of anilines is 1. The van der Waals surface area contributed by atoms with Crippen molar-refractivity contribution in [2.45, 2.75) is 69.2 Å². The van der Waals surface area contributed by atoms with E-state index in [1.807, 2.05) is 29.8 Å². The SMILES string of the molecule is Cn1cnnc1C1(c2cccc(N3Cc4c(cc(CNC5(C)CCC5)cc4C(F)(F)F)C3=O)c2)CC2(COC2)C1. The summed E-state index contributed by atoms with van der Waals surface area (Å²) < 4.78 is 50.1. The zero-order valence-electron chi connectivity index (χ0n) is 22.6. The van der Waals surface area contributed by atoms with E-state index >= 15 is 0 Å². The summed E-state index contributed by atoms with van der Waals surface area (Å²) in [5, 5.41) is 11.9. The molecule has 2 aliphatic carbocycles. The third-order valence-corrected chi connectivity index (χ3v) is 9.60. The van der Waals surface area contributed by atoms with E-state index in [1.165, 1.54) is 11.0 Å². The van der Waals surface area contributed by atoms with Gasteiger partial charge in [-0.2, -0.15) is 13.2 Å². The number of ether oxygens (including phenoxy) is 1. The Bertz CT molecular complexity index is 1500. The number of hydrogen-bond acceptors (Lipinski definition) is 5. The molecular weight excluding hydrogens is 519 g/mol. The second kappa shape index (κ2) is 8.63. The number of nitrogens with one attached hydrogen (secondary N) is 1. The lowest BCUT2D eigenvalue weighted by atomic mass is 9.49. The van der Waals surface area contributed by atoms with Crippen molar-refractivity contribution in [3.63, 3.8) is 0 Å². The largest absolute Gasteiger partial charge is 0.416 e. The van der Waals surface area contributed by atoms with Crippen LogP contribution in [0.2, 0.25) is 0 Å². The van der Waals surface area contributed by atoms with Crippen molar-refractivity contribution in [1.82, 2.24) is 20.1 Å². The van der Waals surface area contributed by atoms with Gasteiger partial charge in [0.1, 0.15) is 12.2 Å². The summed E-state index contributed by atoms with van der Waals surface area (Å²) >= 11 is 0. The minimum Gasteiger partial charge on any atom is -0.380 e. The molecule has 2 aromatic carbocycles. The number of hydrogen-bond donors (Lipinski definition) is 1. The van der Waals surface area contributed by atoms with Crippen LogP contribution in [0.15, 0.2) is 42.7 Å². The number of rotatable bonds is 6. The molecule has 7 rings (SSSR count). The molecule has 4 aliphatic rings. The van der Waals surface area contributed by atoms with Crippen LogP contribution in [0.5, 0.6) is 0 Å². The molecule has 3 heterocycles. The van der Waals surface area contributed by atoms with Crippen molar-refractivity contribution in [3.05, 3.63) is 76.4 Å². The van der Waals surface area contributed by atoms with Crippen LogP contribution in [-0.4, -0.2) is 39.4 Å². The Morgan fingerprint density at radius 1 is 1.12 bits per heavy atom. The number of aryl methyl sites for hydroxylation is 1. The summed E-state index contributed by atoms with van der Waals surface area (Å²) in [5.41, 5.74) is 1.15. The van der Waals surface area contributed by atoms with E-state index < -0.39 is 23.1 Å². The Hall–Kier alpha value is -3.24. The highest BCUT2D eigenvalue weighted by molar-refractivity contribution is 6.10. The molecular formula is C30H32F3N5O2. The Balaban J connectivity index is 1.22. The molecule has 0 bridgehead atoms. The predicted molar refractivity (Wildman–Crippen MR) is 142 cm³/mol. The minimum atomic E-state index is -4.56. The quantitative estimate of drug-likeness (QED) is 0.460. The van der Waals surface area contributed by atoms with Crippen molar-refractivity contribution >= 4 is 11.6 Å². The fraction of sp³-hybridized carbons (Fsp3) is 0.500. The van der Waals surface area contributed by atoms with Gasteiger partial charge in [-0.05, 0) is 80.0 Å². The molecule has 210 valence electrons. The molecule has 1 amide bonds. The van der Waals surface area contributed by atoms with E-state index in [2.05, 4.69) is 22.4 Å². The second-order valence-electron chi connectivity index (χ2n) is 12.6. The Morgan fingerprint density at radius 2 is 1.90 bits per heavy atom. The van der Waals surface area contributed by atoms with Crippen molar-refractivity contribution in [2.24, 2.45) is 12.5 Å². The lowest BCUT2D eigenvalue weighted by Gasteiger charge is -2.59. The molecule has 0 unspecified atom stereocenters. The number of amides is 1. The first kappa shape index (κ1) is 25.7. The minimum absolute atomic E-state index is 0.0405. The highest BCUT2D eigenvalue weighted by Crippen LogP contribution is 2.61. The molecule has 0 atom stereocenters. The van der Waals surface area contributed by atoms with Crippen molar-refractivity contribution < 1.29 is 22.7 Å². The van der Waals surface area contributed by atoms with Gasteiger partial charge in [-0.1, -0.05) is 12.1 Å². The molecule has 3 fully saturated rings. The van der Waals surface area contributed by atoms with Crippen LogP contribution in [-0.2, 0) is 36.5 Å². The average molecular weight is 552 g/mol. The number of alkyl halides is 3. The maximum absolute atomic E-state index is 14.2. The second-order valence-corrected chi connectivity index (χ2v) is 12.6. The van der Waals surface area contributed by atoms with Crippen LogP contribution in [0.1, 0.15) is 77.5 Å². The molecule has 10 heteroatoms. The van der Waals surface area contributed by atoms with Gasteiger partial charge < -0.3 is 19.5 Å². The fourth-order valence-corrected chi connectivity index (χ4v) is 7.23. The number of fused-ring (bicyclic) bond motifs is 1. The number of carbonyl (C=O) groups is 1. The summed E-state index contributed by atoms with van der Waals surface area (Å²) in [4.78, 5) is 15.1. The molecule has 3 aromatic rings. The standard InChI is InChI=1S/C30H32F3N5O2/c1-27(7-4-8-27)34-12-19-9-22-23(24(10-19)30(31,32)33)13-38(25(22)39)21-6-3-5-20(11-21)29(26-36-35-18-37(26)2)14-28(15-29)16-40-17-28/h3,5-6,9-11,18,34H,4,7-8,12-17H2,1-2H3. The first-order chi connectivity index (χ1) is 19.0. The monoisotopic (exact) mass is 551 g/mol. The van der Waals surface area contributed by atoms with Crippen LogP contribution in [0, 0.1) is 5.41 Å². The van der Waals surface area contributed by atoms with Crippen LogP contribution in [0.25, 0.3) is 0 Å². The molecule has 1 aromatic heterocycles. The van der Waals surface area contributed by atoms with Crippen LogP contribution < -0.4 is 10.2 Å². The van der Waals surface area contributed by atoms with Crippen LogP contribution in [0.3, 0.4) is 0 Å². The van der Waals surface area contributed by atoms with Crippen molar-refractivity contribution in [1.29, 1.82) is 0 Å². The molecule has 2 aliphatic heterocycles. The lowest BCUT2D eigenvalue weighted by molar-refractivity contribution is -0.182. The average Bonchev–Trinajstić information content (AvgIpc) is 3.43. The molecule has 7 nitrogen and oxygen atoms in total. The number of halogens is 3. The Kier molecular flexibility index (Phi) is 5.55.